The first-order valence-corrected chi connectivity index (χ1v) is 7.23. The molecule has 2 aromatic carbocycles. The zero-order chi connectivity index (χ0) is 16.5. The van der Waals surface area contributed by atoms with Crippen molar-refractivity contribution < 1.29 is 9.84 Å². The molecule has 0 aliphatic heterocycles. The van der Waals surface area contributed by atoms with Gasteiger partial charge in [0.2, 0.25) is 0 Å². The molecule has 0 aliphatic carbocycles. The molecule has 1 N–H and O–H groups in total. The summed E-state index contributed by atoms with van der Waals surface area (Å²) in [7, 11) is 0. The van der Waals surface area contributed by atoms with Crippen LogP contribution in [0.25, 0.3) is 16.7 Å². The highest BCUT2D eigenvalue weighted by Crippen LogP contribution is 2.28. The molecule has 4 aromatic rings. The quantitative estimate of drug-likeness (QED) is 0.612. The summed E-state index contributed by atoms with van der Waals surface area (Å²) >= 11 is 5.94. The van der Waals surface area contributed by atoms with Gasteiger partial charge in [-0.3, -0.25) is 0 Å². The molecule has 2 aromatic heterocycles. The maximum atomic E-state index is 10.2. The fourth-order valence-corrected chi connectivity index (χ4v) is 2.28. The van der Waals surface area contributed by atoms with Gasteiger partial charge < -0.3 is 9.84 Å². The SMILES string of the molecule is Oc1cc(Oc2ncncn2)ccc1-n1nc2ccc(Cl)cc2n1. The van der Waals surface area contributed by atoms with E-state index in [9.17, 15) is 5.11 Å². The molecule has 0 unspecified atom stereocenters. The van der Waals surface area contributed by atoms with E-state index >= 15 is 0 Å². The van der Waals surface area contributed by atoms with E-state index in [1.165, 1.54) is 23.5 Å². The average Bonchev–Trinajstić information content (AvgIpc) is 2.98. The molecule has 0 atom stereocenters. The molecule has 8 nitrogen and oxygen atoms in total. The minimum atomic E-state index is -0.0482. The topological polar surface area (TPSA) is 98.8 Å². The van der Waals surface area contributed by atoms with Gasteiger partial charge in [0, 0.05) is 11.1 Å². The summed E-state index contributed by atoms with van der Waals surface area (Å²) in [6, 6.07) is 10.0. The summed E-state index contributed by atoms with van der Waals surface area (Å²) in [5, 5.41) is 19.4. The van der Waals surface area contributed by atoms with E-state index in [-0.39, 0.29) is 11.8 Å². The maximum absolute atomic E-state index is 10.2. The van der Waals surface area contributed by atoms with E-state index in [2.05, 4.69) is 25.1 Å². The highest BCUT2D eigenvalue weighted by atomic mass is 35.5. The summed E-state index contributed by atoms with van der Waals surface area (Å²) in [5.41, 5.74) is 1.71. The van der Waals surface area contributed by atoms with Crippen LogP contribution in [0.1, 0.15) is 0 Å². The van der Waals surface area contributed by atoms with Crippen LogP contribution in [0.2, 0.25) is 5.02 Å². The second kappa shape index (κ2) is 5.74. The number of hydrogen-bond acceptors (Lipinski definition) is 7. The molecule has 4 rings (SSSR count). The number of aromatic nitrogens is 6. The average molecular weight is 341 g/mol. The standard InChI is InChI=1S/C15H9ClN6O2/c16-9-1-3-11-12(5-9)21-22(20-11)13-4-2-10(6-14(13)23)24-15-18-7-17-8-19-15/h1-8,23H. The first-order chi connectivity index (χ1) is 11.7. The third-order valence-corrected chi connectivity index (χ3v) is 3.42. The van der Waals surface area contributed by atoms with Crippen LogP contribution in [0, 0.1) is 0 Å². The number of halogens is 1. The Balaban J connectivity index is 1.68. The van der Waals surface area contributed by atoms with Crippen molar-refractivity contribution in [2.75, 3.05) is 0 Å². The van der Waals surface area contributed by atoms with Crippen molar-refractivity contribution in [1.29, 1.82) is 0 Å². The Bertz CT molecular complexity index is 1020. The Labute approximate surface area is 140 Å². The zero-order valence-corrected chi connectivity index (χ0v) is 12.8. The van der Waals surface area contributed by atoms with Gasteiger partial charge in [0.25, 0.3) is 0 Å². The fourth-order valence-electron chi connectivity index (χ4n) is 2.12. The van der Waals surface area contributed by atoms with E-state index < -0.39 is 0 Å². The smallest absolute Gasteiger partial charge is 0.324 e. The van der Waals surface area contributed by atoms with Crippen LogP contribution in [-0.4, -0.2) is 35.1 Å². The number of phenols is 1. The molecular weight excluding hydrogens is 332 g/mol. The van der Waals surface area contributed by atoms with Crippen molar-refractivity contribution >= 4 is 22.6 Å². The molecule has 0 radical (unpaired) electrons. The molecule has 118 valence electrons. The number of fused-ring (bicyclic) bond motifs is 1. The molecule has 0 bridgehead atoms. The minimum Gasteiger partial charge on any atom is -0.505 e. The number of ether oxygens (including phenoxy) is 1. The van der Waals surface area contributed by atoms with Crippen LogP contribution in [0.15, 0.2) is 49.1 Å². The Kier molecular flexibility index (Phi) is 3.43. The third kappa shape index (κ3) is 2.70. The van der Waals surface area contributed by atoms with Crippen molar-refractivity contribution in [2.24, 2.45) is 0 Å². The van der Waals surface area contributed by atoms with Crippen LogP contribution < -0.4 is 4.74 Å². The van der Waals surface area contributed by atoms with Crippen molar-refractivity contribution in [3.8, 4) is 23.2 Å². The normalized spacial score (nSPS) is 10.9. The van der Waals surface area contributed by atoms with Gasteiger partial charge in [-0.2, -0.15) is 9.97 Å². The van der Waals surface area contributed by atoms with Gasteiger partial charge in [-0.05, 0) is 30.3 Å². The highest BCUT2D eigenvalue weighted by molar-refractivity contribution is 6.31. The molecule has 0 amide bonds. The Morgan fingerprint density at radius 2 is 1.75 bits per heavy atom. The van der Waals surface area contributed by atoms with E-state index in [1.54, 1.807) is 30.3 Å². The summed E-state index contributed by atoms with van der Waals surface area (Å²) in [4.78, 5) is 12.7. The van der Waals surface area contributed by atoms with Gasteiger partial charge in [-0.25, -0.2) is 4.98 Å². The zero-order valence-electron chi connectivity index (χ0n) is 12.0. The van der Waals surface area contributed by atoms with Gasteiger partial charge in [0.15, 0.2) is 0 Å². The summed E-state index contributed by atoms with van der Waals surface area (Å²) < 4.78 is 5.43. The molecule has 0 saturated carbocycles. The van der Waals surface area contributed by atoms with Crippen molar-refractivity contribution in [3.63, 3.8) is 0 Å². The number of aromatic hydroxyl groups is 1. The number of rotatable bonds is 3. The minimum absolute atomic E-state index is 0.0482. The van der Waals surface area contributed by atoms with Gasteiger partial charge in [0.05, 0.1) is 0 Å². The monoisotopic (exact) mass is 340 g/mol. The number of nitrogens with zero attached hydrogens (tertiary/aromatic N) is 6. The van der Waals surface area contributed by atoms with Crippen LogP contribution >= 0.6 is 11.6 Å². The molecule has 0 aliphatic rings. The van der Waals surface area contributed by atoms with Gasteiger partial charge in [-0.15, -0.1) is 15.0 Å². The van der Waals surface area contributed by atoms with E-state index in [4.69, 9.17) is 16.3 Å². The molecule has 0 fully saturated rings. The van der Waals surface area contributed by atoms with E-state index in [1.807, 2.05) is 0 Å². The summed E-state index contributed by atoms with van der Waals surface area (Å²) in [5.74, 6) is 0.329. The Hall–Kier alpha value is -3.26. The lowest BCUT2D eigenvalue weighted by Crippen LogP contribution is -1.99. The molecule has 9 heteroatoms. The lowest BCUT2D eigenvalue weighted by atomic mass is 10.3. The molecule has 24 heavy (non-hydrogen) atoms. The van der Waals surface area contributed by atoms with Crippen molar-refractivity contribution in [1.82, 2.24) is 29.9 Å². The summed E-state index contributed by atoms with van der Waals surface area (Å²) in [6.07, 6.45) is 2.64. The number of phenolic OH excluding ortho intramolecular Hbond substituents is 1. The van der Waals surface area contributed by atoms with Crippen LogP contribution in [0.5, 0.6) is 17.5 Å². The van der Waals surface area contributed by atoms with Crippen molar-refractivity contribution in [2.45, 2.75) is 0 Å². The molecule has 0 saturated heterocycles. The first-order valence-electron chi connectivity index (χ1n) is 6.85. The second-order valence-corrected chi connectivity index (χ2v) is 5.23. The summed E-state index contributed by atoms with van der Waals surface area (Å²) in [6.45, 7) is 0. The van der Waals surface area contributed by atoms with Gasteiger partial charge >= 0.3 is 6.01 Å². The van der Waals surface area contributed by atoms with Gasteiger partial charge in [0.1, 0.15) is 40.9 Å². The second-order valence-electron chi connectivity index (χ2n) is 4.80. The largest absolute Gasteiger partial charge is 0.505 e. The predicted molar refractivity (Wildman–Crippen MR) is 85.4 cm³/mol. The molecule has 2 heterocycles. The molecular formula is C15H9ClN6O2. The Morgan fingerprint density at radius 1 is 0.958 bits per heavy atom. The number of hydrogen-bond donors (Lipinski definition) is 1. The van der Waals surface area contributed by atoms with E-state index in [0.29, 0.717) is 27.5 Å². The predicted octanol–water partition coefficient (Wildman–Crippen LogP) is 2.76. The first kappa shape index (κ1) is 14.3. The third-order valence-electron chi connectivity index (χ3n) is 3.18. The Morgan fingerprint density at radius 3 is 2.54 bits per heavy atom. The number of benzene rings is 2. The van der Waals surface area contributed by atoms with Crippen LogP contribution in [0.3, 0.4) is 0 Å². The van der Waals surface area contributed by atoms with E-state index in [0.717, 1.165) is 0 Å². The fraction of sp³-hybridized carbons (Fsp3) is 0. The van der Waals surface area contributed by atoms with Crippen LogP contribution in [-0.2, 0) is 0 Å². The van der Waals surface area contributed by atoms with Crippen LogP contribution in [0.4, 0.5) is 0 Å². The lowest BCUT2D eigenvalue weighted by Gasteiger charge is -2.06. The lowest BCUT2D eigenvalue weighted by molar-refractivity contribution is 0.427. The molecule has 0 spiro atoms. The maximum Gasteiger partial charge on any atom is 0.324 e. The van der Waals surface area contributed by atoms with Crippen molar-refractivity contribution in [3.05, 3.63) is 54.1 Å². The highest BCUT2D eigenvalue weighted by Gasteiger charge is 2.11. The van der Waals surface area contributed by atoms with Gasteiger partial charge in [-0.1, -0.05) is 11.6 Å².